The summed E-state index contributed by atoms with van der Waals surface area (Å²) in [5, 5.41) is 0.517. The van der Waals surface area contributed by atoms with E-state index in [0.717, 1.165) is 16.7 Å². The van der Waals surface area contributed by atoms with Gasteiger partial charge in [0.15, 0.2) is 5.43 Å². The molecule has 0 bridgehead atoms. The first-order chi connectivity index (χ1) is 14.0. The summed E-state index contributed by atoms with van der Waals surface area (Å²) in [4.78, 5) is 28.4. The van der Waals surface area contributed by atoms with E-state index in [1.54, 1.807) is 25.2 Å². The number of fused-ring (bicyclic) bond motifs is 2. The molecule has 1 aliphatic rings. The molecule has 3 aromatic rings. The zero-order chi connectivity index (χ0) is 20.7. The van der Waals surface area contributed by atoms with Crippen LogP contribution in [0.2, 0.25) is 0 Å². The second-order valence-electron chi connectivity index (χ2n) is 7.30. The Hall–Kier alpha value is -3.12. The maximum absolute atomic E-state index is 13.6. The minimum absolute atomic E-state index is 0.108. The zero-order valence-electron chi connectivity index (χ0n) is 16.9. The lowest BCUT2D eigenvalue weighted by Crippen LogP contribution is -2.32. The fourth-order valence-corrected chi connectivity index (χ4v) is 4.09. The van der Waals surface area contributed by atoms with Gasteiger partial charge in [-0.05, 0) is 48.7 Å². The maximum atomic E-state index is 13.6. The molecule has 4 rings (SSSR count). The van der Waals surface area contributed by atoms with Crippen molar-refractivity contribution in [2.75, 3.05) is 27.4 Å². The van der Waals surface area contributed by atoms with Gasteiger partial charge in [0.2, 0.25) is 5.76 Å². The molecule has 0 unspecified atom stereocenters. The van der Waals surface area contributed by atoms with E-state index in [1.165, 1.54) is 0 Å². The maximum Gasteiger partial charge on any atom is 0.290 e. The van der Waals surface area contributed by atoms with Crippen LogP contribution in [0.5, 0.6) is 5.75 Å². The Morgan fingerprint density at radius 3 is 2.62 bits per heavy atom. The number of hydrogen-bond donors (Lipinski definition) is 0. The van der Waals surface area contributed by atoms with Gasteiger partial charge in [0, 0.05) is 13.7 Å². The van der Waals surface area contributed by atoms with E-state index in [2.05, 4.69) is 0 Å². The van der Waals surface area contributed by atoms with Crippen LogP contribution < -0.4 is 10.2 Å². The molecule has 2 aromatic carbocycles. The highest BCUT2D eigenvalue weighted by Gasteiger charge is 2.42. The normalized spacial score (nSPS) is 15.8. The van der Waals surface area contributed by atoms with Gasteiger partial charge >= 0.3 is 0 Å². The van der Waals surface area contributed by atoms with Gasteiger partial charge < -0.3 is 18.8 Å². The summed E-state index contributed by atoms with van der Waals surface area (Å²) >= 11 is 0. The number of amides is 1. The summed E-state index contributed by atoms with van der Waals surface area (Å²) in [6.07, 6.45) is 0. The highest BCUT2D eigenvalue weighted by Crippen LogP contribution is 2.39. The average Bonchev–Trinajstić information content (AvgIpc) is 2.98. The average molecular weight is 393 g/mol. The molecule has 0 saturated carbocycles. The van der Waals surface area contributed by atoms with Gasteiger partial charge in [-0.1, -0.05) is 18.2 Å². The molecule has 6 nitrogen and oxygen atoms in total. The van der Waals surface area contributed by atoms with Crippen LogP contribution in [0.25, 0.3) is 11.0 Å². The van der Waals surface area contributed by atoms with Gasteiger partial charge in [-0.2, -0.15) is 0 Å². The Bertz CT molecular complexity index is 1160. The van der Waals surface area contributed by atoms with Crippen molar-refractivity contribution in [1.29, 1.82) is 0 Å². The number of carbonyl (C=O) groups excluding carboxylic acids is 1. The Labute approximate surface area is 168 Å². The number of aryl methyl sites for hydroxylation is 2. The summed E-state index contributed by atoms with van der Waals surface area (Å²) in [5.74, 6) is 0.464. The summed E-state index contributed by atoms with van der Waals surface area (Å²) < 4.78 is 16.6. The summed E-state index contributed by atoms with van der Waals surface area (Å²) in [5.41, 5.74) is 3.26. The molecule has 0 aliphatic carbocycles. The van der Waals surface area contributed by atoms with E-state index < -0.39 is 6.04 Å². The summed E-state index contributed by atoms with van der Waals surface area (Å²) in [6, 6.07) is 10.6. The molecule has 1 amide bonds. The Morgan fingerprint density at radius 1 is 1.10 bits per heavy atom. The molecule has 6 heteroatoms. The van der Waals surface area contributed by atoms with Crippen molar-refractivity contribution in [1.82, 2.24) is 4.90 Å². The van der Waals surface area contributed by atoms with Crippen molar-refractivity contribution in [3.05, 3.63) is 74.6 Å². The summed E-state index contributed by atoms with van der Waals surface area (Å²) in [6.45, 7) is 4.52. The Kier molecular flexibility index (Phi) is 4.88. The number of hydrogen-bond acceptors (Lipinski definition) is 5. The van der Waals surface area contributed by atoms with Gasteiger partial charge in [-0.15, -0.1) is 0 Å². The van der Waals surface area contributed by atoms with E-state index in [9.17, 15) is 9.59 Å². The van der Waals surface area contributed by atoms with E-state index in [-0.39, 0.29) is 17.1 Å². The number of benzene rings is 2. The fourth-order valence-electron chi connectivity index (χ4n) is 4.09. The quantitative estimate of drug-likeness (QED) is 0.662. The highest BCUT2D eigenvalue weighted by molar-refractivity contribution is 5.99. The number of rotatable bonds is 5. The van der Waals surface area contributed by atoms with Gasteiger partial charge in [-0.3, -0.25) is 9.59 Å². The SMILES string of the molecule is COCCN1C(=O)c2oc3cc(C)cc(C)c3c(=O)c2[C@H]1c1cccc(OC)c1. The van der Waals surface area contributed by atoms with Gasteiger partial charge in [0.25, 0.3) is 5.91 Å². The molecule has 2 heterocycles. The molecule has 0 fully saturated rings. The third kappa shape index (κ3) is 3.09. The third-order valence-corrected chi connectivity index (χ3v) is 5.36. The topological polar surface area (TPSA) is 69.0 Å². The minimum Gasteiger partial charge on any atom is -0.497 e. The van der Waals surface area contributed by atoms with E-state index >= 15 is 0 Å². The summed E-state index contributed by atoms with van der Waals surface area (Å²) in [7, 11) is 3.17. The van der Waals surface area contributed by atoms with Crippen molar-refractivity contribution in [2.24, 2.45) is 0 Å². The Morgan fingerprint density at radius 2 is 1.90 bits per heavy atom. The standard InChI is InChI=1S/C23H23NO5/c1-13-10-14(2)18-17(11-13)29-22-19(21(18)25)20(24(23(22)26)8-9-27-3)15-6-5-7-16(12-15)28-4/h5-7,10-12,20H,8-9H2,1-4H3/t20-/m1/s1. The zero-order valence-corrected chi connectivity index (χ0v) is 16.9. The van der Waals surface area contributed by atoms with Crippen molar-refractivity contribution >= 4 is 16.9 Å². The molecule has 1 atom stereocenters. The Balaban J connectivity index is 2.00. The molecule has 0 saturated heterocycles. The molecular formula is C23H23NO5. The number of carbonyl (C=O) groups is 1. The van der Waals surface area contributed by atoms with E-state index in [1.807, 2.05) is 44.2 Å². The molecule has 0 radical (unpaired) electrons. The first-order valence-corrected chi connectivity index (χ1v) is 9.48. The van der Waals surface area contributed by atoms with Crippen LogP contribution in [0.4, 0.5) is 0 Å². The number of nitrogens with zero attached hydrogens (tertiary/aromatic N) is 1. The van der Waals surface area contributed by atoms with E-state index in [4.69, 9.17) is 13.9 Å². The largest absolute Gasteiger partial charge is 0.497 e. The molecule has 1 aromatic heterocycles. The molecule has 1 aliphatic heterocycles. The monoisotopic (exact) mass is 393 g/mol. The van der Waals surface area contributed by atoms with E-state index in [0.29, 0.717) is 35.4 Å². The van der Waals surface area contributed by atoms with Crippen LogP contribution in [0.15, 0.2) is 45.6 Å². The molecule has 29 heavy (non-hydrogen) atoms. The van der Waals surface area contributed by atoms with Crippen molar-refractivity contribution in [3.8, 4) is 5.75 Å². The van der Waals surface area contributed by atoms with Crippen molar-refractivity contribution in [3.63, 3.8) is 0 Å². The molecule has 0 spiro atoms. The van der Waals surface area contributed by atoms with Crippen LogP contribution >= 0.6 is 0 Å². The highest BCUT2D eigenvalue weighted by atomic mass is 16.5. The second kappa shape index (κ2) is 7.37. The lowest BCUT2D eigenvalue weighted by atomic mass is 9.97. The molecule has 0 N–H and O–H groups in total. The third-order valence-electron chi connectivity index (χ3n) is 5.36. The first kappa shape index (κ1) is 19.2. The first-order valence-electron chi connectivity index (χ1n) is 9.48. The lowest BCUT2D eigenvalue weighted by Gasteiger charge is -2.25. The van der Waals surface area contributed by atoms with Gasteiger partial charge in [0.1, 0.15) is 11.3 Å². The van der Waals surface area contributed by atoms with Crippen molar-refractivity contribution in [2.45, 2.75) is 19.9 Å². The lowest BCUT2D eigenvalue weighted by molar-refractivity contribution is 0.0663. The van der Waals surface area contributed by atoms with Crippen LogP contribution in [0, 0.1) is 13.8 Å². The van der Waals surface area contributed by atoms with Crippen LogP contribution in [-0.4, -0.2) is 38.2 Å². The van der Waals surface area contributed by atoms with Gasteiger partial charge in [-0.25, -0.2) is 0 Å². The second-order valence-corrected chi connectivity index (χ2v) is 7.30. The van der Waals surface area contributed by atoms with Crippen LogP contribution in [0.1, 0.15) is 38.9 Å². The van der Waals surface area contributed by atoms with Gasteiger partial charge in [0.05, 0.1) is 30.7 Å². The predicted molar refractivity (Wildman–Crippen MR) is 110 cm³/mol. The van der Waals surface area contributed by atoms with Crippen molar-refractivity contribution < 1.29 is 18.7 Å². The minimum atomic E-state index is -0.552. The fraction of sp³-hybridized carbons (Fsp3) is 0.304. The van der Waals surface area contributed by atoms with Crippen LogP contribution in [0.3, 0.4) is 0 Å². The predicted octanol–water partition coefficient (Wildman–Crippen LogP) is 3.61. The molecule has 150 valence electrons. The number of methoxy groups -OCH3 is 2. The smallest absolute Gasteiger partial charge is 0.290 e. The van der Waals surface area contributed by atoms with Crippen LogP contribution in [-0.2, 0) is 4.74 Å². The number of ether oxygens (including phenoxy) is 2. The molecular weight excluding hydrogens is 370 g/mol.